The van der Waals surface area contributed by atoms with Crippen LogP contribution >= 0.6 is 0 Å². The Kier molecular flexibility index (Phi) is 8.92. The van der Waals surface area contributed by atoms with E-state index in [0.29, 0.717) is 22.9 Å². The van der Waals surface area contributed by atoms with E-state index in [9.17, 15) is 26.3 Å². The van der Waals surface area contributed by atoms with E-state index >= 15 is 0 Å². The largest absolute Gasteiger partial charge is 0.417 e. The number of alkyl halides is 6. The van der Waals surface area contributed by atoms with Crippen molar-refractivity contribution in [3.63, 3.8) is 0 Å². The van der Waals surface area contributed by atoms with Crippen LogP contribution in [0.2, 0.25) is 0 Å². The van der Waals surface area contributed by atoms with Gasteiger partial charge in [-0.25, -0.2) is 15.0 Å². The third-order valence-corrected chi connectivity index (χ3v) is 10.2. The fourth-order valence-corrected chi connectivity index (χ4v) is 7.46. The molecule has 0 saturated carbocycles. The second-order valence-electron chi connectivity index (χ2n) is 14.0. The SMILES string of the molecule is Cc1cccc(-c2ccc3c(c2)c2ccccc2n3-c2ccc(-c3nc(-c4ccccc4)nc(-c4ccccc4)n3)c(-c3ccc(C(F)(F)F)cc3C(F)(F)F)c2)c1. The van der Waals surface area contributed by atoms with E-state index in [4.69, 9.17) is 15.0 Å². The van der Waals surface area contributed by atoms with Crippen molar-refractivity contribution in [1.82, 2.24) is 19.5 Å². The summed E-state index contributed by atoms with van der Waals surface area (Å²) < 4.78 is 88.8. The highest BCUT2D eigenvalue weighted by atomic mass is 19.4. The Bertz CT molecular complexity index is 2930. The van der Waals surface area contributed by atoms with E-state index in [-0.39, 0.29) is 34.7 Å². The highest BCUT2D eigenvalue weighted by Crippen LogP contribution is 2.45. The Morgan fingerprint density at radius 1 is 0.414 bits per heavy atom. The molecule has 9 rings (SSSR count). The maximum atomic E-state index is 15.0. The highest BCUT2D eigenvalue weighted by molar-refractivity contribution is 6.10. The summed E-state index contributed by atoms with van der Waals surface area (Å²) in [7, 11) is 0. The monoisotopic (exact) mass is 776 g/mol. The molecule has 0 bridgehead atoms. The minimum absolute atomic E-state index is 0.00918. The summed E-state index contributed by atoms with van der Waals surface area (Å²) in [6, 6.07) is 46.8. The number of halogens is 6. The molecular weight excluding hydrogens is 747 g/mol. The predicted molar refractivity (Wildman–Crippen MR) is 216 cm³/mol. The van der Waals surface area contributed by atoms with Crippen LogP contribution in [-0.2, 0) is 12.4 Å². The molecule has 284 valence electrons. The van der Waals surface area contributed by atoms with E-state index in [1.807, 2.05) is 127 Å². The molecule has 7 aromatic carbocycles. The molecular formula is C48H30F6N4. The molecule has 2 heterocycles. The molecule has 0 N–H and O–H groups in total. The van der Waals surface area contributed by atoms with E-state index < -0.39 is 29.0 Å². The average molecular weight is 777 g/mol. The standard InChI is InChI=1S/C48H30F6N4/c1-29-11-10-16-32(25-29)33-19-24-43-40(26-33)37-17-8-9-18-42(37)58(43)35-21-23-38(39(28-35)36-22-20-34(47(49,50)51)27-41(36)48(52,53)54)46-56-44(30-12-4-2-5-13-30)55-45(57-46)31-14-6-3-7-15-31/h2-28H,1H3. The zero-order valence-corrected chi connectivity index (χ0v) is 30.6. The average Bonchev–Trinajstić information content (AvgIpc) is 3.57. The zero-order valence-electron chi connectivity index (χ0n) is 30.6. The Morgan fingerprint density at radius 3 is 1.66 bits per heavy atom. The van der Waals surface area contributed by atoms with Crippen molar-refractivity contribution < 1.29 is 26.3 Å². The Labute approximate surface area is 328 Å². The molecule has 9 aromatic rings. The summed E-state index contributed by atoms with van der Waals surface area (Å²) in [6.45, 7) is 2.03. The Hall–Kier alpha value is -7.07. The van der Waals surface area contributed by atoms with Crippen LogP contribution in [0.1, 0.15) is 16.7 Å². The quantitative estimate of drug-likeness (QED) is 0.158. The van der Waals surface area contributed by atoms with E-state index in [2.05, 4.69) is 12.1 Å². The van der Waals surface area contributed by atoms with Gasteiger partial charge in [-0.05, 0) is 77.7 Å². The number of hydrogen-bond donors (Lipinski definition) is 0. The van der Waals surface area contributed by atoms with E-state index in [1.165, 1.54) is 0 Å². The molecule has 0 fully saturated rings. The second-order valence-corrected chi connectivity index (χ2v) is 14.0. The van der Waals surface area contributed by atoms with Crippen LogP contribution in [0, 0.1) is 6.92 Å². The van der Waals surface area contributed by atoms with Crippen molar-refractivity contribution in [1.29, 1.82) is 0 Å². The van der Waals surface area contributed by atoms with Crippen molar-refractivity contribution in [3.05, 3.63) is 180 Å². The predicted octanol–water partition coefficient (Wildman–Crippen LogP) is 13.6. The maximum absolute atomic E-state index is 15.0. The van der Waals surface area contributed by atoms with Gasteiger partial charge in [-0.2, -0.15) is 26.3 Å². The number of fused-ring (bicyclic) bond motifs is 3. The highest BCUT2D eigenvalue weighted by Gasteiger charge is 2.39. The minimum atomic E-state index is -5.15. The second kappa shape index (κ2) is 14.1. The van der Waals surface area contributed by atoms with Crippen LogP contribution in [0.5, 0.6) is 0 Å². The maximum Gasteiger partial charge on any atom is 0.417 e. The lowest BCUT2D eigenvalue weighted by Crippen LogP contribution is -2.12. The molecule has 4 nitrogen and oxygen atoms in total. The van der Waals surface area contributed by atoms with Gasteiger partial charge in [0.25, 0.3) is 0 Å². The van der Waals surface area contributed by atoms with Crippen LogP contribution in [-0.4, -0.2) is 19.5 Å². The Balaban J connectivity index is 1.33. The lowest BCUT2D eigenvalue weighted by molar-refractivity contribution is -0.142. The smallest absolute Gasteiger partial charge is 0.309 e. The normalized spacial score (nSPS) is 12.1. The third kappa shape index (κ3) is 6.76. The number of benzene rings is 7. The molecule has 10 heteroatoms. The first-order valence-electron chi connectivity index (χ1n) is 18.3. The molecule has 0 radical (unpaired) electrons. The van der Waals surface area contributed by atoms with Gasteiger partial charge in [-0.1, -0.05) is 121 Å². The summed E-state index contributed by atoms with van der Waals surface area (Å²) in [5.41, 5.74) is 3.35. The molecule has 0 aliphatic heterocycles. The third-order valence-electron chi connectivity index (χ3n) is 10.2. The summed E-state index contributed by atoms with van der Waals surface area (Å²) in [5.74, 6) is 0.594. The molecule has 58 heavy (non-hydrogen) atoms. The number of hydrogen-bond acceptors (Lipinski definition) is 3. The molecule has 0 aliphatic rings. The number of rotatable bonds is 6. The van der Waals surface area contributed by atoms with Crippen LogP contribution in [0.25, 0.3) is 83.9 Å². The van der Waals surface area contributed by atoms with Crippen LogP contribution in [0.3, 0.4) is 0 Å². The summed E-state index contributed by atoms with van der Waals surface area (Å²) in [5, 5.41) is 1.84. The first kappa shape index (κ1) is 36.6. The first-order valence-corrected chi connectivity index (χ1v) is 18.3. The first-order chi connectivity index (χ1) is 27.9. The fraction of sp³-hybridized carbons (Fsp3) is 0.0625. The number of nitrogens with zero attached hydrogens (tertiary/aromatic N) is 4. The molecule has 0 unspecified atom stereocenters. The molecule has 2 aromatic heterocycles. The molecule has 0 atom stereocenters. The minimum Gasteiger partial charge on any atom is -0.309 e. The van der Waals surface area contributed by atoms with Gasteiger partial charge in [0.2, 0.25) is 0 Å². The van der Waals surface area contributed by atoms with Gasteiger partial charge in [0.1, 0.15) is 0 Å². The van der Waals surface area contributed by atoms with Crippen molar-refractivity contribution in [2.24, 2.45) is 0 Å². The number of aryl methyl sites for hydroxylation is 1. The Morgan fingerprint density at radius 2 is 1.00 bits per heavy atom. The van der Waals surface area contributed by atoms with Crippen molar-refractivity contribution in [3.8, 4) is 62.1 Å². The molecule has 0 aliphatic carbocycles. The van der Waals surface area contributed by atoms with Gasteiger partial charge in [-0.3, -0.25) is 0 Å². The topological polar surface area (TPSA) is 43.6 Å². The van der Waals surface area contributed by atoms with Crippen LogP contribution < -0.4 is 0 Å². The van der Waals surface area contributed by atoms with Gasteiger partial charge in [0.05, 0.1) is 22.2 Å². The zero-order chi connectivity index (χ0) is 40.2. The summed E-state index contributed by atoms with van der Waals surface area (Å²) >= 11 is 0. The van der Waals surface area contributed by atoms with Gasteiger partial charge in [0, 0.05) is 33.2 Å². The molecule has 0 spiro atoms. The van der Waals surface area contributed by atoms with E-state index in [1.54, 1.807) is 18.2 Å². The molecule has 0 amide bonds. The lowest BCUT2D eigenvalue weighted by Gasteiger charge is -2.20. The van der Waals surface area contributed by atoms with Gasteiger partial charge in [-0.15, -0.1) is 0 Å². The summed E-state index contributed by atoms with van der Waals surface area (Å²) in [6.07, 6.45) is -10.2. The fourth-order valence-electron chi connectivity index (χ4n) is 7.46. The van der Waals surface area contributed by atoms with Gasteiger partial charge < -0.3 is 4.57 Å². The van der Waals surface area contributed by atoms with Gasteiger partial charge >= 0.3 is 12.4 Å². The summed E-state index contributed by atoms with van der Waals surface area (Å²) in [4.78, 5) is 14.3. The number of aromatic nitrogens is 4. The van der Waals surface area contributed by atoms with E-state index in [0.717, 1.165) is 44.6 Å². The van der Waals surface area contributed by atoms with Crippen molar-refractivity contribution in [2.75, 3.05) is 0 Å². The lowest BCUT2D eigenvalue weighted by atomic mass is 9.92. The van der Waals surface area contributed by atoms with Crippen LogP contribution in [0.4, 0.5) is 26.3 Å². The molecule has 0 saturated heterocycles. The van der Waals surface area contributed by atoms with Crippen molar-refractivity contribution >= 4 is 21.8 Å². The van der Waals surface area contributed by atoms with Crippen LogP contribution in [0.15, 0.2) is 164 Å². The van der Waals surface area contributed by atoms with Crippen molar-refractivity contribution in [2.45, 2.75) is 19.3 Å². The van der Waals surface area contributed by atoms with Gasteiger partial charge in [0.15, 0.2) is 17.5 Å². The number of para-hydroxylation sites is 1.